The van der Waals surface area contributed by atoms with Gasteiger partial charge in [-0.25, -0.2) is 18.6 Å². The number of nitrogens with one attached hydrogen (secondary N) is 1. The molecule has 0 bridgehead atoms. The van der Waals surface area contributed by atoms with Gasteiger partial charge in [0.15, 0.2) is 17.5 Å². The highest BCUT2D eigenvalue weighted by Crippen LogP contribution is 2.28. The van der Waals surface area contributed by atoms with E-state index >= 15 is 0 Å². The third-order valence-corrected chi connectivity index (χ3v) is 5.34. The molecule has 1 aromatic heterocycles. The van der Waals surface area contributed by atoms with E-state index in [0.29, 0.717) is 5.56 Å². The van der Waals surface area contributed by atoms with Crippen LogP contribution < -0.4 is 20.5 Å². The van der Waals surface area contributed by atoms with Crippen molar-refractivity contribution in [3.63, 3.8) is 0 Å². The number of carbonyl (C=O) groups excluding carboxylic acids is 4. The van der Waals surface area contributed by atoms with Gasteiger partial charge >= 0.3 is 11.9 Å². The molecule has 0 aliphatic rings. The molecule has 1 heterocycles. The van der Waals surface area contributed by atoms with Crippen LogP contribution in [0.2, 0.25) is 0 Å². The maximum Gasteiger partial charge on any atom is 0.328 e. The third-order valence-electron chi connectivity index (χ3n) is 5.34. The SMILES string of the molecule is CC(=O)Oc1c(C(N)=O)ccnc1C(=O)N[C@@H](C)C(=O)OC(C)C(Oc1ccc(F)cc1)c1ccc(F)cc1. The molecule has 0 fully saturated rings. The average molecular weight is 542 g/mol. The first-order chi connectivity index (χ1) is 18.5. The summed E-state index contributed by atoms with van der Waals surface area (Å²) in [7, 11) is 0. The number of aromatic nitrogens is 1. The second-order valence-electron chi connectivity index (χ2n) is 8.38. The Hall–Kier alpha value is -4.87. The molecular formula is C27H25F2N3O7. The van der Waals surface area contributed by atoms with Crippen LogP contribution in [-0.4, -0.2) is 40.9 Å². The summed E-state index contributed by atoms with van der Waals surface area (Å²) in [5.41, 5.74) is 5.06. The Labute approximate surface area is 222 Å². The van der Waals surface area contributed by atoms with Gasteiger partial charge in [0, 0.05) is 13.1 Å². The zero-order valence-electron chi connectivity index (χ0n) is 21.1. The smallest absolute Gasteiger partial charge is 0.328 e. The number of ether oxygens (including phenoxy) is 3. The predicted octanol–water partition coefficient (Wildman–Crippen LogP) is 3.25. The van der Waals surface area contributed by atoms with Gasteiger partial charge in [0.1, 0.15) is 29.5 Å². The lowest BCUT2D eigenvalue weighted by Gasteiger charge is -2.27. The monoisotopic (exact) mass is 541 g/mol. The first-order valence-corrected chi connectivity index (χ1v) is 11.6. The largest absolute Gasteiger partial charge is 0.482 e. The molecule has 12 heteroatoms. The fraction of sp³-hybridized carbons (Fsp3) is 0.222. The van der Waals surface area contributed by atoms with Crippen molar-refractivity contribution >= 4 is 23.8 Å². The molecule has 3 aromatic rings. The second kappa shape index (κ2) is 12.6. The summed E-state index contributed by atoms with van der Waals surface area (Å²) >= 11 is 0. The Kier molecular flexibility index (Phi) is 9.26. The van der Waals surface area contributed by atoms with Crippen molar-refractivity contribution in [2.75, 3.05) is 0 Å². The van der Waals surface area contributed by atoms with Gasteiger partial charge in [0.25, 0.3) is 11.8 Å². The lowest BCUT2D eigenvalue weighted by atomic mass is 10.0. The van der Waals surface area contributed by atoms with Crippen molar-refractivity contribution < 1.29 is 42.2 Å². The number of nitrogens with two attached hydrogens (primary N) is 1. The third kappa shape index (κ3) is 7.57. The van der Waals surface area contributed by atoms with Crippen LogP contribution in [0.5, 0.6) is 11.5 Å². The van der Waals surface area contributed by atoms with Gasteiger partial charge in [-0.05, 0) is 61.9 Å². The number of benzene rings is 2. The van der Waals surface area contributed by atoms with Gasteiger partial charge in [0.2, 0.25) is 0 Å². The van der Waals surface area contributed by atoms with Crippen LogP contribution >= 0.6 is 0 Å². The predicted molar refractivity (Wildman–Crippen MR) is 133 cm³/mol. The van der Waals surface area contributed by atoms with E-state index in [4.69, 9.17) is 19.9 Å². The van der Waals surface area contributed by atoms with Gasteiger partial charge in [0.05, 0.1) is 5.56 Å². The van der Waals surface area contributed by atoms with Gasteiger partial charge in [-0.1, -0.05) is 12.1 Å². The zero-order chi connectivity index (χ0) is 28.7. The first kappa shape index (κ1) is 28.7. The van der Waals surface area contributed by atoms with Crippen LogP contribution in [0.25, 0.3) is 0 Å². The van der Waals surface area contributed by atoms with E-state index < -0.39 is 65.1 Å². The van der Waals surface area contributed by atoms with Crippen molar-refractivity contribution in [1.29, 1.82) is 0 Å². The number of pyridine rings is 1. The van der Waals surface area contributed by atoms with Gasteiger partial charge in [-0.3, -0.25) is 14.4 Å². The Morgan fingerprint density at radius 3 is 2.08 bits per heavy atom. The molecule has 3 N–H and O–H groups in total. The molecule has 10 nitrogen and oxygen atoms in total. The molecule has 3 atom stereocenters. The van der Waals surface area contributed by atoms with E-state index in [1.54, 1.807) is 0 Å². The van der Waals surface area contributed by atoms with Gasteiger partial charge < -0.3 is 25.3 Å². The number of esters is 2. The topological polar surface area (TPSA) is 147 Å². The highest BCUT2D eigenvalue weighted by Gasteiger charge is 2.29. The van der Waals surface area contributed by atoms with E-state index in [-0.39, 0.29) is 11.3 Å². The van der Waals surface area contributed by atoms with Crippen LogP contribution in [0, 0.1) is 11.6 Å². The minimum Gasteiger partial charge on any atom is -0.482 e. The molecule has 0 spiro atoms. The number of carbonyl (C=O) groups is 4. The second-order valence-corrected chi connectivity index (χ2v) is 8.38. The van der Waals surface area contributed by atoms with E-state index in [0.717, 1.165) is 13.1 Å². The van der Waals surface area contributed by atoms with E-state index in [1.807, 2.05) is 0 Å². The number of halogens is 2. The molecule has 204 valence electrons. The normalized spacial score (nSPS) is 12.9. The summed E-state index contributed by atoms with van der Waals surface area (Å²) < 4.78 is 43.2. The van der Waals surface area contributed by atoms with Crippen molar-refractivity contribution in [3.8, 4) is 11.5 Å². The van der Waals surface area contributed by atoms with Crippen LogP contribution in [0.3, 0.4) is 0 Å². The molecule has 0 aliphatic heterocycles. The fourth-order valence-electron chi connectivity index (χ4n) is 3.47. The maximum absolute atomic E-state index is 13.5. The average Bonchev–Trinajstić information content (AvgIpc) is 2.88. The Morgan fingerprint density at radius 1 is 0.923 bits per heavy atom. The fourth-order valence-corrected chi connectivity index (χ4v) is 3.47. The summed E-state index contributed by atoms with van der Waals surface area (Å²) in [5.74, 6) is -4.73. The number of rotatable bonds is 10. The first-order valence-electron chi connectivity index (χ1n) is 11.6. The van der Waals surface area contributed by atoms with E-state index in [1.165, 1.54) is 68.4 Å². The Balaban J connectivity index is 1.77. The standard InChI is InChI=1S/C27H25F2N3O7/c1-14(32-26(35)22-24(38-16(3)33)21(25(30)34)12-13-31-22)27(36)37-15(2)23(17-4-6-18(28)7-5-17)39-20-10-8-19(29)9-11-20/h4-15,23H,1-3H3,(H2,30,34)(H,32,35)/t14-,15?,23?/m0/s1. The number of hydrogen-bond donors (Lipinski definition) is 2. The van der Waals surface area contributed by atoms with Gasteiger partial charge in [-0.2, -0.15) is 0 Å². The lowest BCUT2D eigenvalue weighted by molar-refractivity contribution is -0.154. The summed E-state index contributed by atoms with van der Waals surface area (Å²) in [4.78, 5) is 52.8. The van der Waals surface area contributed by atoms with Crippen LogP contribution in [0.1, 0.15) is 53.3 Å². The number of amides is 2. The van der Waals surface area contributed by atoms with Crippen molar-refractivity contribution in [1.82, 2.24) is 10.3 Å². The molecule has 3 rings (SSSR count). The van der Waals surface area contributed by atoms with Crippen LogP contribution in [-0.2, 0) is 14.3 Å². The molecule has 0 saturated carbocycles. The van der Waals surface area contributed by atoms with Crippen LogP contribution in [0.15, 0.2) is 60.8 Å². The molecule has 2 aromatic carbocycles. The molecule has 2 amide bonds. The summed E-state index contributed by atoms with van der Waals surface area (Å²) in [5, 5.41) is 2.37. The molecule has 2 unspecified atom stereocenters. The zero-order valence-corrected chi connectivity index (χ0v) is 21.1. The highest BCUT2D eigenvalue weighted by molar-refractivity contribution is 6.03. The number of primary amides is 1. The molecular weight excluding hydrogens is 516 g/mol. The highest BCUT2D eigenvalue weighted by atomic mass is 19.1. The van der Waals surface area contributed by atoms with Crippen LogP contribution in [0.4, 0.5) is 8.78 Å². The molecule has 39 heavy (non-hydrogen) atoms. The Morgan fingerprint density at radius 2 is 1.51 bits per heavy atom. The lowest BCUT2D eigenvalue weighted by Crippen LogP contribution is -2.42. The number of nitrogens with zero attached hydrogens (tertiary/aromatic N) is 1. The quantitative estimate of drug-likeness (QED) is 0.372. The number of hydrogen-bond acceptors (Lipinski definition) is 8. The molecule has 0 radical (unpaired) electrons. The molecule has 0 saturated heterocycles. The van der Waals surface area contributed by atoms with Gasteiger partial charge in [-0.15, -0.1) is 0 Å². The summed E-state index contributed by atoms with van der Waals surface area (Å²) in [6.07, 6.45) is -0.764. The van der Waals surface area contributed by atoms with Crippen molar-refractivity contribution in [2.45, 2.75) is 39.0 Å². The summed E-state index contributed by atoms with van der Waals surface area (Å²) in [6.45, 7) is 3.93. The molecule has 0 aliphatic carbocycles. The minimum absolute atomic E-state index is 0.255. The van der Waals surface area contributed by atoms with Crippen molar-refractivity contribution in [3.05, 3.63) is 89.2 Å². The van der Waals surface area contributed by atoms with E-state index in [9.17, 15) is 28.0 Å². The minimum atomic E-state index is -1.23. The maximum atomic E-state index is 13.5. The summed E-state index contributed by atoms with van der Waals surface area (Å²) in [6, 6.07) is 10.4. The van der Waals surface area contributed by atoms with Crippen molar-refractivity contribution in [2.24, 2.45) is 5.73 Å². The van der Waals surface area contributed by atoms with E-state index in [2.05, 4.69) is 10.3 Å². The Bertz CT molecular complexity index is 1360.